The van der Waals surface area contributed by atoms with Gasteiger partial charge in [-0.15, -0.1) is 0 Å². The molecule has 0 aromatic heterocycles. The molecule has 3 aliphatic rings. The lowest BCUT2D eigenvalue weighted by Gasteiger charge is -2.30. The monoisotopic (exact) mass is 454 g/mol. The highest BCUT2D eigenvalue weighted by Gasteiger charge is 2.64. The first-order valence-electron chi connectivity index (χ1n) is 9.64. The van der Waals surface area contributed by atoms with Crippen LogP contribution in [0.2, 0.25) is 10.0 Å². The molecule has 9 heteroatoms. The van der Waals surface area contributed by atoms with Crippen LogP contribution in [0.15, 0.2) is 65.8 Å². The number of hydrazone groups is 1. The van der Waals surface area contributed by atoms with Crippen LogP contribution in [0.3, 0.4) is 0 Å². The van der Waals surface area contributed by atoms with Crippen LogP contribution in [0.4, 0.5) is 11.4 Å². The summed E-state index contributed by atoms with van der Waals surface area (Å²) >= 11 is 11.9. The SMILES string of the molecule is O=C(Nc1ccc(Cl)cc1)[C@H]1[C@H]2C(=O)N(c3ccc(Cl)cc3)C(=O)[C@@H]2[C@H]2C=CC=NN21. The van der Waals surface area contributed by atoms with Crippen LogP contribution < -0.4 is 10.2 Å². The number of carbonyl (C=O) groups excluding carboxylic acids is 3. The molecule has 5 rings (SSSR count). The number of hydrogen-bond donors (Lipinski definition) is 1. The minimum absolute atomic E-state index is 0.351. The topological polar surface area (TPSA) is 82.1 Å². The molecule has 7 nitrogen and oxygen atoms in total. The van der Waals surface area contributed by atoms with Crippen LogP contribution in [0.1, 0.15) is 0 Å². The van der Waals surface area contributed by atoms with Gasteiger partial charge in [0.15, 0.2) is 0 Å². The molecule has 0 saturated carbocycles. The normalized spacial score (nSPS) is 26.3. The predicted octanol–water partition coefficient (Wildman–Crippen LogP) is 3.35. The molecular weight excluding hydrogens is 439 g/mol. The Morgan fingerprint density at radius 2 is 1.52 bits per heavy atom. The number of fused-ring (bicyclic) bond motifs is 3. The van der Waals surface area contributed by atoms with Gasteiger partial charge >= 0.3 is 0 Å². The van der Waals surface area contributed by atoms with Gasteiger partial charge in [-0.3, -0.25) is 19.4 Å². The predicted molar refractivity (Wildman–Crippen MR) is 118 cm³/mol. The van der Waals surface area contributed by atoms with Gasteiger partial charge in [-0.1, -0.05) is 29.3 Å². The Bertz CT molecular complexity index is 1120. The summed E-state index contributed by atoms with van der Waals surface area (Å²) < 4.78 is 0. The summed E-state index contributed by atoms with van der Waals surface area (Å²) in [6.07, 6.45) is 5.07. The number of nitrogens with zero attached hydrogens (tertiary/aromatic N) is 3. The van der Waals surface area contributed by atoms with E-state index in [2.05, 4.69) is 10.4 Å². The van der Waals surface area contributed by atoms with Crippen molar-refractivity contribution in [2.24, 2.45) is 16.9 Å². The van der Waals surface area contributed by atoms with Crippen LogP contribution in [0.5, 0.6) is 0 Å². The van der Waals surface area contributed by atoms with Gasteiger partial charge in [0.25, 0.3) is 0 Å². The molecule has 156 valence electrons. The summed E-state index contributed by atoms with van der Waals surface area (Å²) in [4.78, 5) is 41.1. The second-order valence-corrected chi connectivity index (χ2v) is 8.37. The number of rotatable bonds is 3. The van der Waals surface area contributed by atoms with E-state index in [0.29, 0.717) is 21.4 Å². The molecule has 31 heavy (non-hydrogen) atoms. The maximum absolute atomic E-state index is 13.4. The molecule has 2 fully saturated rings. The van der Waals surface area contributed by atoms with E-state index in [4.69, 9.17) is 23.2 Å². The minimum Gasteiger partial charge on any atom is -0.324 e. The molecule has 2 aromatic carbocycles. The average molecular weight is 455 g/mol. The van der Waals surface area contributed by atoms with Crippen molar-refractivity contribution in [3.8, 4) is 0 Å². The highest BCUT2D eigenvalue weighted by molar-refractivity contribution is 6.31. The first-order chi connectivity index (χ1) is 15.0. The van der Waals surface area contributed by atoms with E-state index in [1.54, 1.807) is 71.9 Å². The molecule has 2 aromatic rings. The number of halogens is 2. The van der Waals surface area contributed by atoms with Gasteiger partial charge in [0.05, 0.1) is 23.6 Å². The van der Waals surface area contributed by atoms with E-state index < -0.39 is 35.7 Å². The van der Waals surface area contributed by atoms with E-state index in [1.807, 2.05) is 0 Å². The molecule has 3 heterocycles. The third-order valence-corrected chi connectivity index (χ3v) is 6.26. The minimum atomic E-state index is -0.930. The van der Waals surface area contributed by atoms with Crippen molar-refractivity contribution >= 4 is 58.5 Å². The first-order valence-corrected chi connectivity index (χ1v) is 10.4. The second kappa shape index (κ2) is 7.51. The lowest BCUT2D eigenvalue weighted by atomic mass is 9.88. The summed E-state index contributed by atoms with van der Waals surface area (Å²) in [5.74, 6) is -2.76. The van der Waals surface area contributed by atoms with Crippen molar-refractivity contribution in [3.63, 3.8) is 0 Å². The van der Waals surface area contributed by atoms with Crippen molar-refractivity contribution in [1.29, 1.82) is 0 Å². The molecule has 0 unspecified atom stereocenters. The van der Waals surface area contributed by atoms with Crippen molar-refractivity contribution in [2.45, 2.75) is 12.1 Å². The third kappa shape index (κ3) is 3.21. The Morgan fingerprint density at radius 3 is 2.19 bits per heavy atom. The number of allylic oxidation sites excluding steroid dienone is 1. The zero-order valence-electron chi connectivity index (χ0n) is 16.0. The maximum atomic E-state index is 13.4. The lowest BCUT2D eigenvalue weighted by Crippen LogP contribution is -2.47. The van der Waals surface area contributed by atoms with Gasteiger partial charge in [0.1, 0.15) is 6.04 Å². The standard InChI is InChI=1S/C22H16Cl2N4O3/c23-12-3-7-14(8-4-12)26-20(29)19-18-17(16-2-1-11-25-28(16)19)21(30)27(22(18)31)15-9-5-13(24)6-10-15/h1-11,16-19H,(H,26,29)/t16-,17-,18+,19-/m1/s1. The summed E-state index contributed by atoms with van der Waals surface area (Å²) in [6.45, 7) is 0. The number of benzene rings is 2. The zero-order valence-corrected chi connectivity index (χ0v) is 17.5. The Morgan fingerprint density at radius 1 is 0.903 bits per heavy atom. The lowest BCUT2D eigenvalue weighted by molar-refractivity contribution is -0.129. The number of nitrogens with one attached hydrogen (secondary N) is 1. The van der Waals surface area contributed by atoms with Gasteiger partial charge in [0, 0.05) is 21.9 Å². The Balaban J connectivity index is 1.50. The number of carbonyl (C=O) groups is 3. The highest BCUT2D eigenvalue weighted by Crippen LogP contribution is 2.45. The fourth-order valence-corrected chi connectivity index (χ4v) is 4.68. The number of anilines is 2. The van der Waals surface area contributed by atoms with Crippen LogP contribution >= 0.6 is 23.2 Å². The average Bonchev–Trinajstić information content (AvgIpc) is 3.24. The Labute approximate surface area is 187 Å². The largest absolute Gasteiger partial charge is 0.324 e. The van der Waals surface area contributed by atoms with E-state index in [1.165, 1.54) is 0 Å². The highest BCUT2D eigenvalue weighted by atomic mass is 35.5. The summed E-state index contributed by atoms with van der Waals surface area (Å²) in [7, 11) is 0. The smallest absolute Gasteiger partial charge is 0.249 e. The third-order valence-electron chi connectivity index (χ3n) is 5.76. The molecule has 0 spiro atoms. The second-order valence-electron chi connectivity index (χ2n) is 7.50. The van der Waals surface area contributed by atoms with Crippen LogP contribution in [0.25, 0.3) is 0 Å². The van der Waals surface area contributed by atoms with Crippen molar-refractivity contribution in [3.05, 3.63) is 70.7 Å². The Kier molecular flexibility index (Phi) is 4.79. The van der Waals surface area contributed by atoms with Crippen LogP contribution in [-0.4, -0.2) is 41.0 Å². The first kappa shape index (κ1) is 19.8. The molecule has 2 saturated heterocycles. The molecule has 3 amide bonds. The van der Waals surface area contributed by atoms with Crippen molar-refractivity contribution in [2.75, 3.05) is 10.2 Å². The van der Waals surface area contributed by atoms with Crippen LogP contribution in [0, 0.1) is 11.8 Å². The van der Waals surface area contributed by atoms with E-state index >= 15 is 0 Å². The zero-order chi connectivity index (χ0) is 21.7. The fraction of sp³-hybridized carbons (Fsp3) is 0.182. The molecule has 0 radical (unpaired) electrons. The van der Waals surface area contributed by atoms with Crippen LogP contribution in [-0.2, 0) is 14.4 Å². The molecule has 0 aliphatic carbocycles. The molecular formula is C22H16Cl2N4O3. The molecule has 1 N–H and O–H groups in total. The molecule has 3 aliphatic heterocycles. The van der Waals surface area contributed by atoms with Crippen molar-refractivity contribution in [1.82, 2.24) is 5.01 Å². The van der Waals surface area contributed by atoms with Gasteiger partial charge in [-0.25, -0.2) is 4.90 Å². The fourth-order valence-electron chi connectivity index (χ4n) is 4.43. The van der Waals surface area contributed by atoms with E-state index in [0.717, 1.165) is 4.90 Å². The summed E-state index contributed by atoms with van der Waals surface area (Å²) in [5, 5.41) is 9.72. The number of amides is 3. The van der Waals surface area contributed by atoms with Gasteiger partial charge in [-0.05, 0) is 54.6 Å². The molecule has 4 atom stereocenters. The summed E-state index contributed by atoms with van der Waals surface area (Å²) in [6, 6.07) is 11.7. The van der Waals surface area contributed by atoms with Gasteiger partial charge in [0.2, 0.25) is 17.7 Å². The van der Waals surface area contributed by atoms with Gasteiger partial charge < -0.3 is 5.32 Å². The molecule has 0 bridgehead atoms. The van der Waals surface area contributed by atoms with E-state index in [9.17, 15) is 14.4 Å². The maximum Gasteiger partial charge on any atom is 0.249 e. The Hall–Kier alpha value is -3.16. The number of hydrogen-bond acceptors (Lipinski definition) is 5. The van der Waals surface area contributed by atoms with Crippen molar-refractivity contribution < 1.29 is 14.4 Å². The quantitative estimate of drug-likeness (QED) is 0.720. The number of imide groups is 1. The summed E-state index contributed by atoms with van der Waals surface area (Å²) in [5.41, 5.74) is 0.970. The van der Waals surface area contributed by atoms with E-state index in [-0.39, 0.29) is 5.91 Å². The van der Waals surface area contributed by atoms with Gasteiger partial charge in [-0.2, -0.15) is 5.10 Å².